The largest absolute Gasteiger partial charge is 0.490 e. The summed E-state index contributed by atoms with van der Waals surface area (Å²) < 4.78 is 7.29. The van der Waals surface area contributed by atoms with E-state index in [0.29, 0.717) is 22.2 Å². The Balaban J connectivity index is 1.49. The summed E-state index contributed by atoms with van der Waals surface area (Å²) in [6, 6.07) is 16.6. The molecule has 10 heteroatoms. The van der Waals surface area contributed by atoms with Gasteiger partial charge in [-0.05, 0) is 48.2 Å². The number of hydrogen-bond donors (Lipinski definition) is 0. The highest BCUT2D eigenvalue weighted by Crippen LogP contribution is 2.33. The Morgan fingerprint density at radius 3 is 2.69 bits per heavy atom. The van der Waals surface area contributed by atoms with Crippen LogP contribution < -0.4 is 4.74 Å². The lowest BCUT2D eigenvalue weighted by atomic mass is 10.2. The van der Waals surface area contributed by atoms with Gasteiger partial charge >= 0.3 is 0 Å². The van der Waals surface area contributed by atoms with Crippen molar-refractivity contribution in [3.63, 3.8) is 0 Å². The van der Waals surface area contributed by atoms with Crippen molar-refractivity contribution in [2.75, 3.05) is 13.2 Å². The first-order valence-electron chi connectivity index (χ1n) is 9.49. The maximum Gasteiger partial charge on any atom is 0.293 e. The van der Waals surface area contributed by atoms with Gasteiger partial charge in [-0.25, -0.2) is 0 Å². The number of nitrogens with zero attached hydrogens (tertiary/aromatic N) is 3. The molecular formula is C22H16ClN3O5S. The minimum Gasteiger partial charge on any atom is -0.490 e. The molecule has 1 aliphatic rings. The molecule has 0 N–H and O–H groups in total. The Kier molecular flexibility index (Phi) is 6.29. The van der Waals surface area contributed by atoms with Crippen molar-refractivity contribution in [1.82, 2.24) is 9.47 Å². The second kappa shape index (κ2) is 9.29. The number of halogens is 1. The van der Waals surface area contributed by atoms with Crippen LogP contribution >= 0.6 is 23.4 Å². The van der Waals surface area contributed by atoms with E-state index >= 15 is 0 Å². The number of carbonyl (C=O) groups is 2. The molecule has 2 heterocycles. The highest BCUT2D eigenvalue weighted by Gasteiger charge is 2.35. The number of ether oxygens (including phenoxy) is 1. The van der Waals surface area contributed by atoms with Crippen LogP contribution in [0, 0.1) is 10.1 Å². The molecule has 2 amide bonds. The van der Waals surface area contributed by atoms with Gasteiger partial charge in [0.15, 0.2) is 0 Å². The zero-order chi connectivity index (χ0) is 22.7. The summed E-state index contributed by atoms with van der Waals surface area (Å²) >= 11 is 6.88. The molecule has 0 bridgehead atoms. The average molecular weight is 470 g/mol. The molecule has 162 valence electrons. The van der Waals surface area contributed by atoms with E-state index in [4.69, 9.17) is 16.3 Å². The van der Waals surface area contributed by atoms with E-state index in [-0.39, 0.29) is 23.7 Å². The van der Waals surface area contributed by atoms with Crippen molar-refractivity contribution in [3.05, 3.63) is 92.6 Å². The van der Waals surface area contributed by atoms with Gasteiger partial charge in [-0.3, -0.25) is 24.6 Å². The molecule has 1 aliphatic heterocycles. The molecule has 0 saturated carbocycles. The summed E-state index contributed by atoms with van der Waals surface area (Å²) in [5.74, 6) is 0.0565. The number of para-hydroxylation sites is 1. The number of hydrogen-bond acceptors (Lipinski definition) is 6. The van der Waals surface area contributed by atoms with Gasteiger partial charge in [0.25, 0.3) is 16.8 Å². The van der Waals surface area contributed by atoms with Crippen LogP contribution in [-0.2, 0) is 4.79 Å². The fourth-order valence-corrected chi connectivity index (χ4v) is 4.18. The van der Waals surface area contributed by atoms with Crippen LogP contribution in [0.1, 0.15) is 5.69 Å². The van der Waals surface area contributed by atoms with Crippen LogP contribution in [0.4, 0.5) is 10.5 Å². The van der Waals surface area contributed by atoms with Crippen LogP contribution in [0.5, 0.6) is 5.75 Å². The smallest absolute Gasteiger partial charge is 0.293 e. The molecule has 32 heavy (non-hydrogen) atoms. The Hall–Kier alpha value is -3.56. The minimum atomic E-state index is -0.470. The van der Waals surface area contributed by atoms with Gasteiger partial charge in [0.1, 0.15) is 12.4 Å². The highest BCUT2D eigenvalue weighted by molar-refractivity contribution is 8.18. The SMILES string of the molecule is O=C1S/C(=C\c2cccn2-c2cccc([N+](=O)[O-])c2)C(=O)N1CCOc1ccccc1Cl. The lowest BCUT2D eigenvalue weighted by molar-refractivity contribution is -0.384. The topological polar surface area (TPSA) is 94.7 Å². The van der Waals surface area contributed by atoms with Crippen LogP contribution in [0.25, 0.3) is 11.8 Å². The number of imide groups is 1. The minimum absolute atomic E-state index is 0.0407. The maximum atomic E-state index is 12.8. The number of carbonyl (C=O) groups excluding carboxylic acids is 2. The highest BCUT2D eigenvalue weighted by atomic mass is 35.5. The quantitative estimate of drug-likeness (QED) is 0.269. The van der Waals surface area contributed by atoms with Crippen LogP contribution in [0.15, 0.2) is 71.8 Å². The Labute approximate surface area is 192 Å². The number of nitro groups is 1. The van der Waals surface area contributed by atoms with Gasteiger partial charge in [-0.1, -0.05) is 29.8 Å². The molecule has 8 nitrogen and oxygen atoms in total. The fourth-order valence-electron chi connectivity index (χ4n) is 3.14. The van der Waals surface area contributed by atoms with Crippen molar-refractivity contribution in [2.24, 2.45) is 0 Å². The maximum absolute atomic E-state index is 12.8. The van der Waals surface area contributed by atoms with E-state index in [2.05, 4.69) is 0 Å². The number of non-ortho nitro benzene ring substituents is 1. The standard InChI is InChI=1S/C22H16ClN3O5S/c23-18-8-1-2-9-19(18)31-12-11-25-21(27)20(32-22(25)28)14-16-7-4-10-24(16)15-5-3-6-17(13-15)26(29)30/h1-10,13-14H,11-12H2/b20-14-. The average Bonchev–Trinajstić information content (AvgIpc) is 3.35. The van der Waals surface area contributed by atoms with Crippen molar-refractivity contribution in [3.8, 4) is 11.4 Å². The summed E-state index contributed by atoms with van der Waals surface area (Å²) in [7, 11) is 0. The van der Waals surface area contributed by atoms with Crippen LogP contribution in [-0.4, -0.2) is 38.7 Å². The number of amides is 2. The summed E-state index contributed by atoms with van der Waals surface area (Å²) in [4.78, 5) is 37.1. The number of nitro benzene ring substituents is 1. The first-order chi connectivity index (χ1) is 15.4. The summed E-state index contributed by atoms with van der Waals surface area (Å²) in [5, 5.41) is 11.1. The third-order valence-electron chi connectivity index (χ3n) is 4.66. The van der Waals surface area contributed by atoms with Gasteiger partial charge in [0.2, 0.25) is 0 Å². The van der Waals surface area contributed by atoms with Gasteiger partial charge in [-0.15, -0.1) is 0 Å². The van der Waals surface area contributed by atoms with Gasteiger partial charge < -0.3 is 9.30 Å². The van der Waals surface area contributed by atoms with Crippen molar-refractivity contribution in [1.29, 1.82) is 0 Å². The third-order valence-corrected chi connectivity index (χ3v) is 5.88. The molecule has 0 atom stereocenters. The Bertz CT molecular complexity index is 1240. The molecule has 0 spiro atoms. The summed E-state index contributed by atoms with van der Waals surface area (Å²) in [6.45, 7) is 0.193. The first-order valence-corrected chi connectivity index (χ1v) is 10.7. The second-order valence-electron chi connectivity index (χ2n) is 6.69. The molecule has 1 fully saturated rings. The van der Waals surface area contributed by atoms with Crippen molar-refractivity contribution in [2.45, 2.75) is 0 Å². The van der Waals surface area contributed by atoms with E-state index in [0.717, 1.165) is 16.7 Å². The first kappa shape index (κ1) is 21.7. The van der Waals surface area contributed by atoms with E-state index < -0.39 is 16.1 Å². The van der Waals surface area contributed by atoms with Crippen LogP contribution in [0.3, 0.4) is 0 Å². The van der Waals surface area contributed by atoms with E-state index in [1.54, 1.807) is 65.4 Å². The predicted molar refractivity (Wildman–Crippen MR) is 122 cm³/mol. The summed E-state index contributed by atoms with van der Waals surface area (Å²) in [5.41, 5.74) is 1.15. The lowest BCUT2D eigenvalue weighted by Gasteiger charge is -2.13. The Morgan fingerprint density at radius 2 is 1.91 bits per heavy atom. The molecular weight excluding hydrogens is 454 g/mol. The van der Waals surface area contributed by atoms with E-state index in [1.807, 2.05) is 0 Å². The normalized spacial score (nSPS) is 14.9. The van der Waals surface area contributed by atoms with Gasteiger partial charge in [0.05, 0.1) is 27.1 Å². The van der Waals surface area contributed by atoms with Gasteiger partial charge in [-0.2, -0.15) is 0 Å². The molecule has 2 aromatic carbocycles. The zero-order valence-corrected chi connectivity index (χ0v) is 18.1. The molecule has 4 rings (SSSR count). The molecule has 1 saturated heterocycles. The van der Waals surface area contributed by atoms with Gasteiger partial charge in [0, 0.05) is 24.0 Å². The molecule has 0 radical (unpaired) electrons. The number of aromatic nitrogens is 1. The molecule has 0 aliphatic carbocycles. The number of benzene rings is 2. The van der Waals surface area contributed by atoms with Crippen molar-refractivity contribution < 1.29 is 19.2 Å². The third kappa shape index (κ3) is 4.53. The molecule has 1 aromatic heterocycles. The summed E-state index contributed by atoms with van der Waals surface area (Å²) in [6.07, 6.45) is 3.32. The lowest BCUT2D eigenvalue weighted by Crippen LogP contribution is -2.32. The van der Waals surface area contributed by atoms with Crippen LogP contribution in [0.2, 0.25) is 5.02 Å². The molecule has 3 aromatic rings. The number of thioether (sulfide) groups is 1. The monoisotopic (exact) mass is 469 g/mol. The predicted octanol–water partition coefficient (Wildman–Crippen LogP) is 5.15. The zero-order valence-electron chi connectivity index (χ0n) is 16.5. The number of rotatable bonds is 7. The van der Waals surface area contributed by atoms with E-state index in [9.17, 15) is 19.7 Å². The Morgan fingerprint density at radius 1 is 1.09 bits per heavy atom. The van der Waals surface area contributed by atoms with Crippen molar-refractivity contribution >= 4 is 46.3 Å². The fraction of sp³-hybridized carbons (Fsp3) is 0.0909. The van der Waals surface area contributed by atoms with E-state index in [1.165, 1.54) is 12.1 Å². The second-order valence-corrected chi connectivity index (χ2v) is 8.09. The molecule has 0 unspecified atom stereocenters.